The van der Waals surface area contributed by atoms with Gasteiger partial charge in [-0.1, -0.05) is 6.82 Å². The fourth-order valence-corrected chi connectivity index (χ4v) is 0. The van der Waals surface area contributed by atoms with E-state index in [1.807, 2.05) is 14.1 Å². The van der Waals surface area contributed by atoms with Gasteiger partial charge in [0.15, 0.2) is 0 Å². The van der Waals surface area contributed by atoms with Crippen LogP contribution in [-0.4, -0.2) is 15.1 Å². The molecule has 0 aliphatic carbocycles. The second kappa shape index (κ2) is 3.13. The SMILES string of the molecule is [B]C[B]C. The Morgan fingerprint density at radius 2 is 2.25 bits per heavy atom. The van der Waals surface area contributed by atoms with E-state index >= 15 is 0 Å². The van der Waals surface area contributed by atoms with Crippen LogP contribution in [0, 0.1) is 0 Å². The van der Waals surface area contributed by atoms with Crippen molar-refractivity contribution in [3.05, 3.63) is 0 Å². The lowest BCUT2D eigenvalue weighted by atomic mass is 9.69. The molecule has 0 saturated heterocycles. The molecule has 19 valence electrons. The van der Waals surface area contributed by atoms with Crippen molar-refractivity contribution in [2.24, 2.45) is 0 Å². The number of hydrogen-bond donors (Lipinski definition) is 0. The monoisotopic (exact) mass is 51.1 g/mol. The molecule has 0 spiro atoms. The lowest BCUT2D eigenvalue weighted by Crippen LogP contribution is -1.73. The third kappa shape index (κ3) is 2.13. The van der Waals surface area contributed by atoms with Gasteiger partial charge in [0.2, 0.25) is 0 Å². The van der Waals surface area contributed by atoms with Gasteiger partial charge in [-0.05, 0) is 0 Å². The van der Waals surface area contributed by atoms with Crippen LogP contribution in [0.1, 0.15) is 0 Å². The Kier molecular flexibility index (Phi) is 3.23. The molecule has 2 heteroatoms. The molecule has 0 N–H and O–H groups in total. The van der Waals surface area contributed by atoms with Gasteiger partial charge in [-0.3, -0.25) is 0 Å². The average molecular weight is 50.7 g/mol. The van der Waals surface area contributed by atoms with Crippen LogP contribution in [0.4, 0.5) is 0 Å². The van der Waals surface area contributed by atoms with E-state index in [4.69, 9.17) is 7.85 Å². The Balaban J connectivity index is 1.97. The van der Waals surface area contributed by atoms with Crippen LogP contribution in [0.25, 0.3) is 0 Å². The smallest absolute Gasteiger partial charge is 0.0959 e. The molecular formula is C2H5B2. The van der Waals surface area contributed by atoms with Gasteiger partial charge in [0.1, 0.15) is 0 Å². The van der Waals surface area contributed by atoms with Gasteiger partial charge in [0.05, 0.1) is 15.1 Å². The number of rotatable bonds is 1. The summed E-state index contributed by atoms with van der Waals surface area (Å²) in [7, 11) is 6.88. The van der Waals surface area contributed by atoms with Crippen LogP contribution >= 0.6 is 0 Å². The van der Waals surface area contributed by atoms with Crippen molar-refractivity contribution >= 4 is 15.1 Å². The Morgan fingerprint density at radius 1 is 2.00 bits per heavy atom. The van der Waals surface area contributed by atoms with Crippen LogP contribution in [0.15, 0.2) is 0 Å². The van der Waals surface area contributed by atoms with Crippen LogP contribution in [0.2, 0.25) is 13.0 Å². The predicted molar refractivity (Wildman–Crippen MR) is 22.2 cm³/mol. The average Bonchev–Trinajstić information content (AvgIpc) is 1.37. The molecule has 0 fully saturated rings. The molecule has 0 aromatic heterocycles. The van der Waals surface area contributed by atoms with Gasteiger partial charge in [0.25, 0.3) is 0 Å². The first kappa shape index (κ1) is 4.13. The molecule has 4 heavy (non-hydrogen) atoms. The van der Waals surface area contributed by atoms with Crippen LogP contribution in [-0.2, 0) is 0 Å². The highest BCUT2D eigenvalue weighted by molar-refractivity contribution is 6.45. The van der Waals surface area contributed by atoms with Crippen molar-refractivity contribution in [2.45, 2.75) is 13.0 Å². The standard InChI is InChI=1S/C2H5B2/c1-4-2-3/h2H2,1H3. The third-order valence-electron chi connectivity index (χ3n) is 0.236. The Labute approximate surface area is 29.2 Å². The van der Waals surface area contributed by atoms with Gasteiger partial charge < -0.3 is 0 Å². The van der Waals surface area contributed by atoms with E-state index in [0.29, 0.717) is 6.22 Å². The van der Waals surface area contributed by atoms with Crippen molar-refractivity contribution in [1.29, 1.82) is 0 Å². The molecule has 0 aliphatic heterocycles. The van der Waals surface area contributed by atoms with E-state index in [2.05, 4.69) is 0 Å². The molecular weight excluding hydrogens is 45.6 g/mol. The van der Waals surface area contributed by atoms with Crippen LogP contribution in [0.3, 0.4) is 0 Å². The third-order valence-corrected chi connectivity index (χ3v) is 0.236. The molecule has 0 bridgehead atoms. The molecule has 0 heterocycles. The largest absolute Gasteiger partial charge is 0.114 e. The molecule has 0 nitrogen and oxygen atoms in total. The normalized spacial score (nSPS) is 6.25. The topological polar surface area (TPSA) is 0 Å². The Hall–Kier alpha value is 0.130. The molecule has 0 amide bonds. The molecule has 0 rings (SSSR count). The maximum Gasteiger partial charge on any atom is 0.0959 e. The van der Waals surface area contributed by atoms with E-state index in [9.17, 15) is 0 Å². The minimum Gasteiger partial charge on any atom is -0.114 e. The van der Waals surface area contributed by atoms with Gasteiger partial charge in [-0.15, -0.1) is 6.22 Å². The zero-order valence-corrected chi connectivity index (χ0v) is 2.86. The first-order chi connectivity index (χ1) is 1.91. The summed E-state index contributed by atoms with van der Waals surface area (Å²) in [5.41, 5.74) is 0. The van der Waals surface area contributed by atoms with Gasteiger partial charge in [0, 0.05) is 0 Å². The van der Waals surface area contributed by atoms with Crippen molar-refractivity contribution in [3.63, 3.8) is 0 Å². The second-order valence-corrected chi connectivity index (χ2v) is 0.644. The summed E-state index contributed by atoms with van der Waals surface area (Å²) in [5, 5.41) is 0. The first-order valence-electron chi connectivity index (χ1n) is 1.39. The molecule has 0 unspecified atom stereocenters. The lowest BCUT2D eigenvalue weighted by Gasteiger charge is -1.63. The number of hydrogen-bond acceptors (Lipinski definition) is 0. The minimum atomic E-state index is 0.694. The summed E-state index contributed by atoms with van der Waals surface area (Å²) in [5.74, 6) is 0. The van der Waals surface area contributed by atoms with Crippen molar-refractivity contribution < 1.29 is 0 Å². The molecule has 0 aliphatic rings. The predicted octanol–water partition coefficient (Wildman–Crippen LogP) is 0.283. The minimum absolute atomic E-state index is 0.694. The zero-order chi connectivity index (χ0) is 3.41. The maximum atomic E-state index is 4.97. The van der Waals surface area contributed by atoms with Gasteiger partial charge in [-0.2, -0.15) is 0 Å². The quantitative estimate of drug-likeness (QED) is 0.375. The fourth-order valence-electron chi connectivity index (χ4n) is 0. The summed E-state index contributed by atoms with van der Waals surface area (Å²) < 4.78 is 0. The molecule has 0 aromatic rings. The maximum absolute atomic E-state index is 4.97. The molecule has 0 saturated carbocycles. The van der Waals surface area contributed by atoms with Gasteiger partial charge in [-0.25, -0.2) is 0 Å². The summed E-state index contributed by atoms with van der Waals surface area (Å²) in [6, 6.07) is 0. The Morgan fingerprint density at radius 3 is 2.25 bits per heavy atom. The van der Waals surface area contributed by atoms with Crippen LogP contribution < -0.4 is 0 Å². The second-order valence-electron chi connectivity index (χ2n) is 0.644. The highest BCUT2D eigenvalue weighted by atomic mass is 13.1. The summed E-state index contributed by atoms with van der Waals surface area (Å²) in [6.07, 6.45) is 0.694. The summed E-state index contributed by atoms with van der Waals surface area (Å²) in [4.78, 5) is 0. The lowest BCUT2D eigenvalue weighted by molar-refractivity contribution is 2.00. The first-order valence-corrected chi connectivity index (χ1v) is 1.39. The highest BCUT2D eigenvalue weighted by Gasteiger charge is 1.61. The molecule has 0 aromatic carbocycles. The van der Waals surface area contributed by atoms with E-state index in [-0.39, 0.29) is 0 Å². The fraction of sp³-hybridized carbons (Fsp3) is 1.00. The molecule has 0 atom stereocenters. The van der Waals surface area contributed by atoms with Crippen molar-refractivity contribution in [3.8, 4) is 0 Å². The van der Waals surface area contributed by atoms with E-state index in [1.54, 1.807) is 0 Å². The van der Waals surface area contributed by atoms with Gasteiger partial charge >= 0.3 is 0 Å². The zero-order valence-electron chi connectivity index (χ0n) is 2.86. The van der Waals surface area contributed by atoms with E-state index in [1.165, 1.54) is 0 Å². The van der Waals surface area contributed by atoms with Crippen molar-refractivity contribution in [1.82, 2.24) is 0 Å². The summed E-state index contributed by atoms with van der Waals surface area (Å²) >= 11 is 0. The van der Waals surface area contributed by atoms with Crippen LogP contribution in [0.5, 0.6) is 0 Å². The molecule has 3 radical (unpaired) electrons. The Bertz CT molecular complexity index is 6.00. The highest BCUT2D eigenvalue weighted by Crippen LogP contribution is 1.56. The van der Waals surface area contributed by atoms with E-state index in [0.717, 1.165) is 0 Å². The summed E-state index contributed by atoms with van der Waals surface area (Å²) in [6.45, 7) is 1.93. The van der Waals surface area contributed by atoms with E-state index < -0.39 is 0 Å². The van der Waals surface area contributed by atoms with Crippen molar-refractivity contribution in [2.75, 3.05) is 0 Å².